The normalized spacial score (nSPS) is 13.7. The molecule has 0 N–H and O–H groups in total. The summed E-state index contributed by atoms with van der Waals surface area (Å²) in [6.45, 7) is 6.54. The van der Waals surface area contributed by atoms with Gasteiger partial charge in [-0.1, -0.05) is 0 Å². The van der Waals surface area contributed by atoms with Gasteiger partial charge < -0.3 is 9.47 Å². The van der Waals surface area contributed by atoms with Crippen molar-refractivity contribution >= 4 is 0 Å². The first-order chi connectivity index (χ1) is 4.31. The lowest BCUT2D eigenvalue weighted by Crippen LogP contribution is -2.07. The van der Waals surface area contributed by atoms with E-state index in [4.69, 9.17) is 9.47 Å². The number of rotatable bonds is 5. The third-order valence-electron chi connectivity index (χ3n) is 1.05. The molecule has 0 fully saturated rings. The Morgan fingerprint density at radius 1 is 1.56 bits per heavy atom. The van der Waals surface area contributed by atoms with Crippen LogP contribution in [0.2, 0.25) is 0 Å². The van der Waals surface area contributed by atoms with Crippen LogP contribution in [0.1, 0.15) is 20.3 Å². The van der Waals surface area contributed by atoms with Gasteiger partial charge in [0.2, 0.25) is 0 Å². The van der Waals surface area contributed by atoms with Crippen molar-refractivity contribution in [3.8, 4) is 0 Å². The molecule has 0 aliphatic rings. The largest absolute Gasteiger partial charge is 0.379 e. The molecule has 2 nitrogen and oxygen atoms in total. The van der Waals surface area contributed by atoms with Crippen LogP contribution in [0.25, 0.3) is 0 Å². The van der Waals surface area contributed by atoms with Crippen molar-refractivity contribution in [1.82, 2.24) is 0 Å². The summed E-state index contributed by atoms with van der Waals surface area (Å²) < 4.78 is 9.99. The smallest absolute Gasteiger partial charge is 0.0858 e. The Hall–Kier alpha value is -0.0800. The Morgan fingerprint density at radius 2 is 2.22 bits per heavy atom. The molecule has 55 valence electrons. The molecular formula is C7H15O2. The summed E-state index contributed by atoms with van der Waals surface area (Å²) >= 11 is 0. The molecule has 9 heavy (non-hydrogen) atoms. The van der Waals surface area contributed by atoms with E-state index in [2.05, 4.69) is 0 Å². The zero-order chi connectivity index (χ0) is 7.11. The van der Waals surface area contributed by atoms with Crippen LogP contribution in [0, 0.1) is 6.61 Å². The highest BCUT2D eigenvalue weighted by atomic mass is 16.5. The zero-order valence-electron chi connectivity index (χ0n) is 6.39. The first kappa shape index (κ1) is 8.92. The van der Waals surface area contributed by atoms with E-state index in [1.54, 1.807) is 13.7 Å². The van der Waals surface area contributed by atoms with Gasteiger partial charge in [0.15, 0.2) is 0 Å². The van der Waals surface area contributed by atoms with Gasteiger partial charge in [-0.25, -0.2) is 0 Å². The van der Waals surface area contributed by atoms with Gasteiger partial charge in [0.05, 0.1) is 12.7 Å². The predicted octanol–water partition coefficient (Wildman–Crippen LogP) is 1.61. The summed E-state index contributed by atoms with van der Waals surface area (Å²) in [6.07, 6.45) is 1.15. The van der Waals surface area contributed by atoms with Gasteiger partial charge in [0.1, 0.15) is 0 Å². The van der Waals surface area contributed by atoms with Crippen molar-refractivity contribution in [3.63, 3.8) is 0 Å². The average molecular weight is 131 g/mol. The van der Waals surface area contributed by atoms with Crippen LogP contribution < -0.4 is 0 Å². The Kier molecular flexibility index (Phi) is 5.99. The second-order valence-electron chi connectivity index (χ2n) is 1.90. The summed E-state index contributed by atoms with van der Waals surface area (Å²) in [6, 6.07) is 0. The molecule has 1 atom stereocenters. The van der Waals surface area contributed by atoms with Gasteiger partial charge in [-0.3, -0.25) is 0 Å². The fourth-order valence-electron chi connectivity index (χ4n) is 0.584. The molecule has 1 unspecified atom stereocenters. The van der Waals surface area contributed by atoms with Crippen LogP contribution in [0.5, 0.6) is 0 Å². The van der Waals surface area contributed by atoms with E-state index in [9.17, 15) is 0 Å². The van der Waals surface area contributed by atoms with Gasteiger partial charge in [0, 0.05) is 20.1 Å². The lowest BCUT2D eigenvalue weighted by molar-refractivity contribution is 0.0636. The molecule has 0 saturated heterocycles. The van der Waals surface area contributed by atoms with Crippen molar-refractivity contribution in [2.24, 2.45) is 0 Å². The number of methoxy groups -OCH3 is 1. The third-order valence-corrected chi connectivity index (χ3v) is 1.05. The van der Waals surface area contributed by atoms with E-state index in [0.29, 0.717) is 0 Å². The number of ether oxygens (including phenoxy) is 2. The van der Waals surface area contributed by atoms with Crippen LogP contribution in [0.3, 0.4) is 0 Å². The molecule has 0 aromatic heterocycles. The minimum atomic E-state index is 0.287. The molecule has 0 saturated carbocycles. The van der Waals surface area contributed by atoms with Crippen LogP contribution in [0.15, 0.2) is 0 Å². The molecule has 0 aromatic rings. The van der Waals surface area contributed by atoms with E-state index < -0.39 is 0 Å². The SMILES string of the molecule is CCOC(C)C[CH]OC. The van der Waals surface area contributed by atoms with Gasteiger partial charge in [-0.15, -0.1) is 0 Å². The van der Waals surface area contributed by atoms with E-state index in [1.807, 2.05) is 13.8 Å². The van der Waals surface area contributed by atoms with Crippen molar-refractivity contribution < 1.29 is 9.47 Å². The molecule has 0 bridgehead atoms. The summed E-state index contributed by atoms with van der Waals surface area (Å²) in [5.74, 6) is 0. The molecule has 0 heterocycles. The summed E-state index contributed by atoms with van der Waals surface area (Å²) in [4.78, 5) is 0. The quantitative estimate of drug-likeness (QED) is 0.564. The van der Waals surface area contributed by atoms with Crippen molar-refractivity contribution in [2.75, 3.05) is 13.7 Å². The van der Waals surface area contributed by atoms with Gasteiger partial charge >= 0.3 is 0 Å². The minimum Gasteiger partial charge on any atom is -0.379 e. The maximum absolute atomic E-state index is 5.23. The Balaban J connectivity index is 2.95. The van der Waals surface area contributed by atoms with Crippen LogP contribution in [-0.2, 0) is 9.47 Å². The van der Waals surface area contributed by atoms with Crippen molar-refractivity contribution in [3.05, 3.63) is 6.61 Å². The van der Waals surface area contributed by atoms with Crippen LogP contribution in [-0.4, -0.2) is 19.8 Å². The number of hydrogen-bond donors (Lipinski definition) is 0. The van der Waals surface area contributed by atoms with Crippen molar-refractivity contribution in [2.45, 2.75) is 26.4 Å². The maximum atomic E-state index is 5.23. The highest BCUT2D eigenvalue weighted by Gasteiger charge is 1.98. The standard InChI is InChI=1S/C7H15O2/c1-4-9-7(2)5-6-8-3/h6-7H,4-5H2,1-3H3. The van der Waals surface area contributed by atoms with Gasteiger partial charge in [0.25, 0.3) is 0 Å². The third kappa shape index (κ3) is 5.80. The van der Waals surface area contributed by atoms with Gasteiger partial charge in [-0.05, 0) is 13.8 Å². The van der Waals surface area contributed by atoms with Gasteiger partial charge in [-0.2, -0.15) is 0 Å². The fourth-order valence-corrected chi connectivity index (χ4v) is 0.584. The Labute approximate surface area is 57.2 Å². The van der Waals surface area contributed by atoms with Crippen molar-refractivity contribution in [1.29, 1.82) is 0 Å². The minimum absolute atomic E-state index is 0.287. The molecule has 0 rings (SSSR count). The van der Waals surface area contributed by atoms with E-state index in [-0.39, 0.29) is 6.10 Å². The van der Waals surface area contributed by atoms with E-state index in [1.165, 1.54) is 0 Å². The highest BCUT2D eigenvalue weighted by Crippen LogP contribution is 1.99. The molecule has 1 radical (unpaired) electrons. The molecule has 0 spiro atoms. The van der Waals surface area contributed by atoms with Crippen LogP contribution >= 0.6 is 0 Å². The zero-order valence-corrected chi connectivity index (χ0v) is 6.39. The second-order valence-corrected chi connectivity index (χ2v) is 1.90. The molecule has 0 amide bonds. The maximum Gasteiger partial charge on any atom is 0.0858 e. The van der Waals surface area contributed by atoms with Crippen LogP contribution in [0.4, 0.5) is 0 Å². The molecule has 0 aromatic carbocycles. The monoisotopic (exact) mass is 131 g/mol. The highest BCUT2D eigenvalue weighted by molar-refractivity contribution is 4.56. The molecular weight excluding hydrogens is 116 g/mol. The Morgan fingerprint density at radius 3 is 2.67 bits per heavy atom. The lowest BCUT2D eigenvalue weighted by atomic mass is 10.3. The molecule has 2 heteroatoms. The summed E-state index contributed by atoms with van der Waals surface area (Å²) in [5, 5.41) is 0. The first-order valence-electron chi connectivity index (χ1n) is 3.27. The topological polar surface area (TPSA) is 18.5 Å². The molecule has 0 aliphatic carbocycles. The first-order valence-corrected chi connectivity index (χ1v) is 3.27. The Bertz CT molecular complexity index is 54.9. The van der Waals surface area contributed by atoms with E-state index in [0.717, 1.165) is 13.0 Å². The average Bonchev–Trinajstić information content (AvgIpc) is 1.85. The lowest BCUT2D eigenvalue weighted by Gasteiger charge is -2.08. The fraction of sp³-hybridized carbons (Fsp3) is 0.857. The number of hydrogen-bond acceptors (Lipinski definition) is 2. The predicted molar refractivity (Wildman–Crippen MR) is 37.0 cm³/mol. The second kappa shape index (κ2) is 6.05. The van der Waals surface area contributed by atoms with E-state index >= 15 is 0 Å². The summed E-state index contributed by atoms with van der Waals surface area (Å²) in [5.41, 5.74) is 0. The summed E-state index contributed by atoms with van der Waals surface area (Å²) in [7, 11) is 1.65. The molecule has 0 aliphatic heterocycles.